The van der Waals surface area contributed by atoms with Crippen LogP contribution in [0.2, 0.25) is 0 Å². The van der Waals surface area contributed by atoms with E-state index in [-0.39, 0.29) is 18.4 Å². The summed E-state index contributed by atoms with van der Waals surface area (Å²) in [5.41, 5.74) is 0. The third-order valence-corrected chi connectivity index (χ3v) is 2.13. The third-order valence-electron chi connectivity index (χ3n) is 2.13. The number of terminal acetylenes is 1. The fourth-order valence-electron chi connectivity index (χ4n) is 1.33. The molecule has 19 heavy (non-hydrogen) atoms. The lowest BCUT2D eigenvalue weighted by Gasteiger charge is -2.19. The molecule has 0 saturated heterocycles. The second-order valence-electron chi connectivity index (χ2n) is 5.13. The van der Waals surface area contributed by atoms with Crippen LogP contribution in [0.25, 0.3) is 0 Å². The first-order chi connectivity index (χ1) is 8.86. The standard InChI is InChI=1S/C14H23NO4/c1-6-7-18-14(17)15-12(8-10(2)3)13(16)19-9-11(4)5/h1,10-12H,7-9H2,2-5H3,(H,15,17). The van der Waals surface area contributed by atoms with Crippen molar-refractivity contribution in [2.45, 2.75) is 40.2 Å². The van der Waals surface area contributed by atoms with Crippen LogP contribution < -0.4 is 5.32 Å². The predicted octanol–water partition coefficient (Wildman–Crippen LogP) is 1.96. The van der Waals surface area contributed by atoms with Gasteiger partial charge < -0.3 is 14.8 Å². The fourth-order valence-corrected chi connectivity index (χ4v) is 1.33. The summed E-state index contributed by atoms with van der Waals surface area (Å²) >= 11 is 0. The van der Waals surface area contributed by atoms with E-state index in [4.69, 9.17) is 11.2 Å². The zero-order valence-corrected chi connectivity index (χ0v) is 12.1. The molecule has 0 heterocycles. The maximum absolute atomic E-state index is 11.9. The van der Waals surface area contributed by atoms with Crippen LogP contribution in [-0.4, -0.2) is 31.3 Å². The summed E-state index contributed by atoms with van der Waals surface area (Å²) in [6.45, 7) is 8.00. The van der Waals surface area contributed by atoms with Gasteiger partial charge in [-0.3, -0.25) is 0 Å². The lowest BCUT2D eigenvalue weighted by Crippen LogP contribution is -2.43. The topological polar surface area (TPSA) is 64.6 Å². The van der Waals surface area contributed by atoms with Gasteiger partial charge in [0.2, 0.25) is 0 Å². The Morgan fingerprint density at radius 1 is 1.16 bits per heavy atom. The molecular weight excluding hydrogens is 246 g/mol. The lowest BCUT2D eigenvalue weighted by atomic mass is 10.0. The highest BCUT2D eigenvalue weighted by molar-refractivity contribution is 5.81. The Kier molecular flexibility index (Phi) is 8.43. The van der Waals surface area contributed by atoms with E-state index in [1.165, 1.54) is 0 Å². The van der Waals surface area contributed by atoms with Crippen molar-refractivity contribution in [1.29, 1.82) is 0 Å². The van der Waals surface area contributed by atoms with Gasteiger partial charge in [-0.05, 0) is 18.3 Å². The summed E-state index contributed by atoms with van der Waals surface area (Å²) in [5.74, 6) is 2.23. The van der Waals surface area contributed by atoms with E-state index in [0.29, 0.717) is 13.0 Å². The molecule has 5 nitrogen and oxygen atoms in total. The Bertz CT molecular complexity index is 331. The number of hydrogen-bond acceptors (Lipinski definition) is 4. The van der Waals surface area contributed by atoms with E-state index in [9.17, 15) is 9.59 Å². The average molecular weight is 269 g/mol. The number of carbonyl (C=O) groups is 2. The van der Waals surface area contributed by atoms with Crippen molar-refractivity contribution >= 4 is 12.1 Å². The van der Waals surface area contributed by atoms with Crippen LogP contribution in [0.15, 0.2) is 0 Å². The molecular formula is C14H23NO4. The van der Waals surface area contributed by atoms with Gasteiger partial charge in [0.1, 0.15) is 6.04 Å². The number of alkyl carbamates (subject to hydrolysis) is 1. The van der Waals surface area contributed by atoms with Crippen LogP contribution in [0.5, 0.6) is 0 Å². The molecule has 5 heteroatoms. The molecule has 0 aromatic rings. The van der Waals surface area contributed by atoms with E-state index in [1.807, 2.05) is 27.7 Å². The number of rotatable bonds is 7. The van der Waals surface area contributed by atoms with Crippen LogP contribution in [0.1, 0.15) is 34.1 Å². The van der Waals surface area contributed by atoms with Crippen LogP contribution >= 0.6 is 0 Å². The Labute approximate surface area is 115 Å². The Morgan fingerprint density at radius 2 is 1.79 bits per heavy atom. The van der Waals surface area contributed by atoms with Crippen LogP contribution in [0.3, 0.4) is 0 Å². The molecule has 0 radical (unpaired) electrons. The second-order valence-corrected chi connectivity index (χ2v) is 5.13. The van der Waals surface area contributed by atoms with E-state index >= 15 is 0 Å². The highest BCUT2D eigenvalue weighted by Crippen LogP contribution is 2.07. The molecule has 1 N–H and O–H groups in total. The molecule has 0 spiro atoms. The minimum atomic E-state index is -0.705. The van der Waals surface area contributed by atoms with Crippen LogP contribution in [0.4, 0.5) is 4.79 Å². The van der Waals surface area contributed by atoms with Gasteiger partial charge in [0.25, 0.3) is 0 Å². The van der Waals surface area contributed by atoms with Crippen molar-refractivity contribution in [3.8, 4) is 12.3 Å². The fraction of sp³-hybridized carbons (Fsp3) is 0.714. The second kappa shape index (κ2) is 9.26. The van der Waals surface area contributed by atoms with Gasteiger partial charge in [-0.15, -0.1) is 6.42 Å². The number of hydrogen-bond donors (Lipinski definition) is 1. The summed E-state index contributed by atoms with van der Waals surface area (Å²) in [6, 6.07) is -0.705. The van der Waals surface area contributed by atoms with Crippen LogP contribution in [0, 0.1) is 24.2 Å². The predicted molar refractivity (Wildman–Crippen MR) is 72.4 cm³/mol. The van der Waals surface area contributed by atoms with Gasteiger partial charge in [0.15, 0.2) is 6.61 Å². The molecule has 0 aliphatic heterocycles. The summed E-state index contributed by atoms with van der Waals surface area (Å²) in [6.07, 6.45) is 4.77. The largest absolute Gasteiger partial charge is 0.464 e. The molecule has 0 rings (SSSR count). The Morgan fingerprint density at radius 3 is 2.26 bits per heavy atom. The molecule has 1 amide bonds. The number of carbonyl (C=O) groups excluding carboxylic acids is 2. The number of esters is 1. The van der Waals surface area contributed by atoms with Crippen molar-refractivity contribution in [3.05, 3.63) is 0 Å². The summed E-state index contributed by atoms with van der Waals surface area (Å²) in [4.78, 5) is 23.3. The van der Waals surface area contributed by atoms with E-state index in [2.05, 4.69) is 16.0 Å². The summed E-state index contributed by atoms with van der Waals surface area (Å²) in [7, 11) is 0. The molecule has 0 aliphatic rings. The van der Waals surface area contributed by atoms with Crippen molar-refractivity contribution in [2.75, 3.05) is 13.2 Å². The lowest BCUT2D eigenvalue weighted by molar-refractivity contribution is -0.147. The number of ether oxygens (including phenoxy) is 2. The van der Waals surface area contributed by atoms with Gasteiger partial charge in [-0.1, -0.05) is 33.6 Å². The molecule has 0 bridgehead atoms. The first kappa shape index (κ1) is 17.3. The minimum absolute atomic E-state index is 0.124. The van der Waals surface area contributed by atoms with E-state index in [1.54, 1.807) is 0 Å². The Balaban J connectivity index is 4.41. The van der Waals surface area contributed by atoms with Crippen LogP contribution in [-0.2, 0) is 14.3 Å². The minimum Gasteiger partial charge on any atom is -0.464 e. The zero-order chi connectivity index (χ0) is 14.8. The quantitative estimate of drug-likeness (QED) is 0.567. The molecule has 0 aromatic heterocycles. The van der Waals surface area contributed by atoms with Gasteiger partial charge in [-0.2, -0.15) is 0 Å². The molecule has 0 saturated carbocycles. The average Bonchev–Trinajstić information content (AvgIpc) is 2.31. The van der Waals surface area contributed by atoms with Gasteiger partial charge in [0.05, 0.1) is 6.61 Å². The smallest absolute Gasteiger partial charge is 0.408 e. The summed E-state index contributed by atoms with van der Waals surface area (Å²) in [5, 5.41) is 2.48. The maximum atomic E-state index is 11.9. The normalized spacial score (nSPS) is 11.8. The Hall–Kier alpha value is -1.70. The first-order valence-corrected chi connectivity index (χ1v) is 6.40. The van der Waals surface area contributed by atoms with Crippen molar-refractivity contribution < 1.29 is 19.1 Å². The van der Waals surface area contributed by atoms with E-state index in [0.717, 1.165) is 0 Å². The van der Waals surface area contributed by atoms with Gasteiger partial charge in [-0.25, -0.2) is 9.59 Å². The highest BCUT2D eigenvalue weighted by atomic mass is 16.6. The number of nitrogens with one attached hydrogen (secondary N) is 1. The van der Waals surface area contributed by atoms with Crippen molar-refractivity contribution in [1.82, 2.24) is 5.32 Å². The molecule has 0 aromatic carbocycles. The third kappa shape index (κ3) is 8.95. The first-order valence-electron chi connectivity index (χ1n) is 6.40. The SMILES string of the molecule is C#CCOC(=O)NC(CC(C)C)C(=O)OCC(C)C. The zero-order valence-electron chi connectivity index (χ0n) is 12.1. The highest BCUT2D eigenvalue weighted by Gasteiger charge is 2.24. The van der Waals surface area contributed by atoms with E-state index < -0.39 is 18.1 Å². The van der Waals surface area contributed by atoms with Crippen molar-refractivity contribution in [3.63, 3.8) is 0 Å². The molecule has 108 valence electrons. The molecule has 0 aliphatic carbocycles. The monoisotopic (exact) mass is 269 g/mol. The maximum Gasteiger partial charge on any atom is 0.408 e. The molecule has 0 fully saturated rings. The molecule has 1 unspecified atom stereocenters. The number of amides is 1. The van der Waals surface area contributed by atoms with Gasteiger partial charge >= 0.3 is 12.1 Å². The molecule has 1 atom stereocenters. The van der Waals surface area contributed by atoms with Crippen molar-refractivity contribution in [2.24, 2.45) is 11.8 Å². The van der Waals surface area contributed by atoms with Gasteiger partial charge in [0, 0.05) is 0 Å². The summed E-state index contributed by atoms with van der Waals surface area (Å²) < 4.78 is 9.81.